The molecule has 5 rings (SSSR count). The molecule has 254 valence electrons. The molecule has 0 radical (unpaired) electrons. The minimum absolute atomic E-state index is 0.0559. The Balaban J connectivity index is 1.47. The third-order valence-corrected chi connectivity index (χ3v) is 9.10. The Kier molecular flexibility index (Phi) is 11.8. The van der Waals surface area contributed by atoms with E-state index in [2.05, 4.69) is 73.6 Å². The summed E-state index contributed by atoms with van der Waals surface area (Å²) in [5, 5.41) is 16.2. The van der Waals surface area contributed by atoms with E-state index >= 15 is 0 Å². The van der Waals surface area contributed by atoms with Gasteiger partial charge in [-0.05, 0) is 68.6 Å². The fourth-order valence-corrected chi connectivity index (χ4v) is 6.09. The summed E-state index contributed by atoms with van der Waals surface area (Å²) in [6.07, 6.45) is 11.5. The Morgan fingerprint density at radius 3 is 2.50 bits per heavy atom. The van der Waals surface area contributed by atoms with E-state index < -0.39 is 11.6 Å². The number of morpholine rings is 1. The van der Waals surface area contributed by atoms with Gasteiger partial charge in [-0.15, -0.1) is 0 Å². The number of para-hydroxylation sites is 1. The number of aliphatic imine (C=N–C) groups is 1. The van der Waals surface area contributed by atoms with Crippen LogP contribution in [0.15, 0.2) is 99.9 Å². The maximum atomic E-state index is 14.9. The predicted octanol–water partition coefficient (Wildman–Crippen LogP) is 7.94. The number of hydrogen-bond donors (Lipinski definition) is 3. The van der Waals surface area contributed by atoms with Crippen molar-refractivity contribution < 1.29 is 18.3 Å². The van der Waals surface area contributed by atoms with E-state index in [1.807, 2.05) is 24.3 Å². The van der Waals surface area contributed by atoms with Gasteiger partial charge in [-0.25, -0.2) is 13.8 Å². The number of benzene rings is 2. The summed E-state index contributed by atoms with van der Waals surface area (Å²) in [4.78, 5) is 7.48. The molecule has 0 saturated carbocycles. The molecule has 0 amide bonds. The van der Waals surface area contributed by atoms with Crippen LogP contribution in [0.5, 0.6) is 5.75 Å². The Morgan fingerprint density at radius 1 is 1.06 bits per heavy atom. The van der Waals surface area contributed by atoms with Gasteiger partial charge in [0.1, 0.15) is 23.2 Å². The van der Waals surface area contributed by atoms with Gasteiger partial charge in [0, 0.05) is 66.7 Å². The second-order valence-electron chi connectivity index (χ2n) is 12.5. The van der Waals surface area contributed by atoms with Crippen molar-refractivity contribution in [2.24, 2.45) is 16.8 Å². The number of nitrogens with one attached hydrogen (secondary N) is 3. The molecule has 48 heavy (non-hydrogen) atoms. The van der Waals surface area contributed by atoms with Gasteiger partial charge >= 0.3 is 0 Å². The van der Waals surface area contributed by atoms with E-state index in [1.165, 1.54) is 23.3 Å². The van der Waals surface area contributed by atoms with E-state index in [9.17, 15) is 14.2 Å². The Labute approximate surface area is 283 Å². The minimum atomic E-state index is -0.688. The smallest absolute Gasteiger partial charge is 0.134 e. The normalized spacial score (nSPS) is 20.2. The summed E-state index contributed by atoms with van der Waals surface area (Å²) < 4.78 is 40.7. The highest BCUT2D eigenvalue weighted by Gasteiger charge is 2.24. The van der Waals surface area contributed by atoms with Gasteiger partial charge in [0.2, 0.25) is 0 Å². The fourth-order valence-electron chi connectivity index (χ4n) is 6.09. The van der Waals surface area contributed by atoms with Crippen LogP contribution in [0.25, 0.3) is 0 Å². The number of nitrogens with zero attached hydrogens (tertiary/aromatic N) is 2. The predicted molar refractivity (Wildman–Crippen MR) is 191 cm³/mol. The molecule has 7 nitrogen and oxygen atoms in total. The highest BCUT2D eigenvalue weighted by atomic mass is 19.1. The van der Waals surface area contributed by atoms with Crippen molar-refractivity contribution in [3.05, 3.63) is 118 Å². The lowest BCUT2D eigenvalue weighted by molar-refractivity contribution is 0.0415. The molecule has 2 aliphatic heterocycles. The first kappa shape index (κ1) is 35.0. The lowest BCUT2D eigenvalue weighted by atomic mass is 9.93. The van der Waals surface area contributed by atoms with Crippen molar-refractivity contribution in [1.29, 1.82) is 5.41 Å². The van der Waals surface area contributed by atoms with Gasteiger partial charge < -0.3 is 20.1 Å². The Bertz CT molecular complexity index is 1670. The molecule has 3 N–H and O–H groups in total. The van der Waals surface area contributed by atoms with Crippen LogP contribution in [0.3, 0.4) is 0 Å². The second-order valence-corrected chi connectivity index (χ2v) is 12.5. The molecular weight excluding hydrogens is 608 g/mol. The molecule has 1 aliphatic carbocycles. The van der Waals surface area contributed by atoms with Crippen molar-refractivity contribution in [2.75, 3.05) is 44.8 Å². The van der Waals surface area contributed by atoms with Crippen LogP contribution < -0.4 is 15.4 Å². The molecular formula is C39H47F2N5O2. The third kappa shape index (κ3) is 8.57. The number of hydrogen-bond acceptors (Lipinski definition) is 7. The number of halogens is 2. The quantitative estimate of drug-likeness (QED) is 0.214. The summed E-state index contributed by atoms with van der Waals surface area (Å²) in [5.74, 6) is -0.183. The number of rotatable bonds is 11. The number of amidine groups is 1. The van der Waals surface area contributed by atoms with Crippen LogP contribution in [0.1, 0.15) is 52.2 Å². The highest BCUT2D eigenvalue weighted by molar-refractivity contribution is 6.15. The zero-order valence-corrected chi connectivity index (χ0v) is 28.6. The average molecular weight is 656 g/mol. The van der Waals surface area contributed by atoms with Crippen LogP contribution in [0.2, 0.25) is 0 Å². The maximum absolute atomic E-state index is 14.9. The van der Waals surface area contributed by atoms with Crippen LogP contribution in [-0.2, 0) is 11.3 Å². The highest BCUT2D eigenvalue weighted by Crippen LogP contribution is 2.29. The van der Waals surface area contributed by atoms with Gasteiger partial charge in [-0.1, -0.05) is 49.8 Å². The molecule has 0 spiro atoms. The molecule has 2 aromatic rings. The molecule has 2 atom stereocenters. The Morgan fingerprint density at radius 2 is 1.79 bits per heavy atom. The van der Waals surface area contributed by atoms with E-state index in [0.717, 1.165) is 37.3 Å². The molecule has 2 aromatic carbocycles. The molecule has 1 fully saturated rings. The topological polar surface area (TPSA) is 82.0 Å². The number of anilines is 1. The van der Waals surface area contributed by atoms with Crippen LogP contribution in [0.4, 0.5) is 14.5 Å². The third-order valence-electron chi connectivity index (χ3n) is 9.10. The monoisotopic (exact) mass is 655 g/mol. The summed E-state index contributed by atoms with van der Waals surface area (Å²) in [6.45, 7) is 14.5. The molecule has 0 bridgehead atoms. The van der Waals surface area contributed by atoms with Crippen LogP contribution in [0, 0.1) is 28.9 Å². The summed E-state index contributed by atoms with van der Waals surface area (Å²) in [5.41, 5.74) is 6.40. The molecule has 1 saturated heterocycles. The SMILES string of the molecule is CCOc1cc(F)c(CNc2ccccc2C(=N)C2=CC(CC)C(CN3CCOCC3)=CC(NC3=CC=C(C)C(C)C=C3C)=N2)c(F)c1. The number of ether oxygens (including phenoxy) is 2. The van der Waals surface area contributed by atoms with Gasteiger partial charge in [-0.3, -0.25) is 10.3 Å². The van der Waals surface area contributed by atoms with E-state index in [1.54, 1.807) is 6.92 Å². The molecule has 2 unspecified atom stereocenters. The minimum Gasteiger partial charge on any atom is -0.494 e. The zero-order valence-electron chi connectivity index (χ0n) is 28.6. The second kappa shape index (κ2) is 16.2. The first-order valence-corrected chi connectivity index (χ1v) is 16.8. The van der Waals surface area contributed by atoms with Crippen LogP contribution >= 0.6 is 0 Å². The molecule has 0 aromatic heterocycles. The maximum Gasteiger partial charge on any atom is 0.134 e. The summed E-state index contributed by atoms with van der Waals surface area (Å²) in [7, 11) is 0. The van der Waals surface area contributed by atoms with Gasteiger partial charge in [-0.2, -0.15) is 0 Å². The Hall–Kier alpha value is -4.34. The standard InChI is InChI=1S/C39H47F2N5O2/c1-6-28-19-37(39(42)31-10-8-9-11-36(31)43-23-32-33(40)21-30(48-7-2)22-34(32)41)45-38(20-29(28)24-46-14-16-47-17-15-46)44-35-13-12-25(3)26(4)18-27(35)5/h8-13,18-22,26,28,42-43H,6-7,14-17,23-24H2,1-5H3,(H,44,45). The first-order valence-electron chi connectivity index (χ1n) is 16.8. The van der Waals surface area contributed by atoms with Gasteiger partial charge in [0.05, 0.1) is 31.2 Å². The van der Waals surface area contributed by atoms with Gasteiger partial charge in [0.25, 0.3) is 0 Å². The van der Waals surface area contributed by atoms with E-state index in [4.69, 9.17) is 14.5 Å². The van der Waals surface area contributed by atoms with Crippen molar-refractivity contribution in [3.8, 4) is 5.75 Å². The lowest BCUT2D eigenvalue weighted by Crippen LogP contribution is -2.38. The van der Waals surface area contributed by atoms with Crippen LogP contribution in [-0.4, -0.2) is 55.9 Å². The summed E-state index contributed by atoms with van der Waals surface area (Å²) >= 11 is 0. The zero-order chi connectivity index (χ0) is 34.2. The molecule has 9 heteroatoms. The largest absolute Gasteiger partial charge is 0.494 e. The first-order chi connectivity index (χ1) is 23.2. The van der Waals surface area contributed by atoms with Crippen molar-refractivity contribution >= 4 is 17.2 Å². The fraction of sp³-hybridized carbons (Fsp3) is 0.385. The van der Waals surface area contributed by atoms with Gasteiger partial charge in [0.15, 0.2) is 0 Å². The van der Waals surface area contributed by atoms with Crippen molar-refractivity contribution in [3.63, 3.8) is 0 Å². The molecule has 3 aliphatic rings. The summed E-state index contributed by atoms with van der Waals surface area (Å²) in [6, 6.07) is 9.73. The van der Waals surface area contributed by atoms with E-state index in [0.29, 0.717) is 48.5 Å². The van der Waals surface area contributed by atoms with E-state index in [-0.39, 0.29) is 29.5 Å². The number of allylic oxidation sites excluding steroid dienone is 7. The molecule has 2 heterocycles. The van der Waals surface area contributed by atoms with Crippen molar-refractivity contribution in [1.82, 2.24) is 10.2 Å². The average Bonchev–Trinajstić information content (AvgIpc) is 3.31. The lowest BCUT2D eigenvalue weighted by Gasteiger charge is -2.29. The van der Waals surface area contributed by atoms with Crippen molar-refractivity contribution in [2.45, 2.75) is 47.6 Å².